The van der Waals surface area contributed by atoms with Gasteiger partial charge in [0.15, 0.2) is 6.10 Å². The van der Waals surface area contributed by atoms with E-state index in [0.29, 0.717) is 19.9 Å². The number of alkyl halides is 5. The molecular weight excluding hydrogens is 459 g/mol. The topological polar surface area (TPSA) is 67.4 Å². The summed E-state index contributed by atoms with van der Waals surface area (Å²) in [5.74, 6) is -3.53. The number of carbonyl (C=O) groups excluding carboxylic acids is 1. The number of hydrogen-bond donors (Lipinski definition) is 1. The van der Waals surface area contributed by atoms with Crippen molar-refractivity contribution in [2.24, 2.45) is 5.92 Å². The van der Waals surface area contributed by atoms with Gasteiger partial charge in [-0.2, -0.15) is 13.2 Å². The van der Waals surface area contributed by atoms with Crippen molar-refractivity contribution in [2.45, 2.75) is 65.3 Å². The molecule has 0 aliphatic carbocycles. The van der Waals surface area contributed by atoms with Gasteiger partial charge < -0.3 is 9.64 Å². The van der Waals surface area contributed by atoms with Crippen molar-refractivity contribution in [1.82, 2.24) is 9.97 Å². The minimum atomic E-state index is -4.70. The van der Waals surface area contributed by atoms with E-state index in [1.165, 1.54) is 12.3 Å². The Kier molecular flexibility index (Phi) is 7.05. The van der Waals surface area contributed by atoms with Gasteiger partial charge in [0.25, 0.3) is 5.92 Å². The van der Waals surface area contributed by atoms with E-state index in [4.69, 9.17) is 4.74 Å². The Hall–Kier alpha value is -2.98. The summed E-state index contributed by atoms with van der Waals surface area (Å²) in [7, 11) is 0. The van der Waals surface area contributed by atoms with Gasteiger partial charge in [-0.3, -0.25) is 5.32 Å². The minimum Gasteiger partial charge on any atom is -0.434 e. The van der Waals surface area contributed by atoms with Crippen molar-refractivity contribution >= 4 is 17.7 Å². The predicted octanol–water partition coefficient (Wildman–Crippen LogP) is 6.68. The zero-order chi connectivity index (χ0) is 25.4. The van der Waals surface area contributed by atoms with Crippen molar-refractivity contribution in [3.05, 3.63) is 35.5 Å². The molecule has 2 aromatic heterocycles. The zero-order valence-electron chi connectivity index (χ0n) is 19.5. The number of fused-ring (bicyclic) bond motifs is 1. The standard InChI is InChI=1S/C23H27F5N4O2/c1-6-9-32(13(4)12(2)3)17-11-14(23(26,27)28)10-16(30-17)15-7-8-29-20-18(15)19(22(5,24)25)34-21(33)31-20/h7-8,10-13,19H,6,9H2,1-5H3,(H,29,31,33)/t13-,19?/m0/s1. The first-order valence-corrected chi connectivity index (χ1v) is 10.9. The van der Waals surface area contributed by atoms with Gasteiger partial charge in [0.2, 0.25) is 0 Å². The van der Waals surface area contributed by atoms with Crippen LogP contribution in [0.2, 0.25) is 0 Å². The van der Waals surface area contributed by atoms with Crippen LogP contribution in [0.25, 0.3) is 11.3 Å². The molecule has 6 nitrogen and oxygen atoms in total. The first kappa shape index (κ1) is 25.6. The SMILES string of the molecule is CCCN(c1cc(C(F)(F)F)cc(-c2ccnc3c2C(C(C)(F)F)OC(=O)N3)n1)[C@@H](C)C(C)C. The number of pyridine rings is 2. The summed E-state index contributed by atoms with van der Waals surface area (Å²) in [5.41, 5.74) is -1.39. The normalized spacial score (nSPS) is 17.1. The van der Waals surface area contributed by atoms with Crippen LogP contribution in [0, 0.1) is 5.92 Å². The second-order valence-electron chi connectivity index (χ2n) is 8.76. The van der Waals surface area contributed by atoms with E-state index in [0.717, 1.165) is 12.1 Å². The maximum atomic E-state index is 14.4. The number of aromatic nitrogens is 2. The monoisotopic (exact) mass is 486 g/mol. The third-order valence-corrected chi connectivity index (χ3v) is 5.79. The lowest BCUT2D eigenvalue weighted by Crippen LogP contribution is -2.38. The molecule has 2 aromatic rings. The molecule has 0 saturated heterocycles. The number of halogens is 5. The highest BCUT2D eigenvalue weighted by Gasteiger charge is 2.45. The molecule has 1 N–H and O–H groups in total. The second kappa shape index (κ2) is 9.34. The Morgan fingerprint density at radius 3 is 2.41 bits per heavy atom. The zero-order valence-corrected chi connectivity index (χ0v) is 19.5. The molecule has 1 unspecified atom stereocenters. The van der Waals surface area contributed by atoms with Crippen LogP contribution in [0.3, 0.4) is 0 Å². The summed E-state index contributed by atoms with van der Waals surface area (Å²) in [6.45, 7) is 8.73. The number of nitrogens with zero attached hydrogens (tertiary/aromatic N) is 3. The fraction of sp³-hybridized carbons (Fsp3) is 0.522. The fourth-order valence-corrected chi connectivity index (χ4v) is 3.80. The van der Waals surface area contributed by atoms with E-state index < -0.39 is 29.9 Å². The summed E-state index contributed by atoms with van der Waals surface area (Å²) in [4.78, 5) is 22.0. The quantitative estimate of drug-likeness (QED) is 0.442. The third-order valence-electron chi connectivity index (χ3n) is 5.79. The van der Waals surface area contributed by atoms with E-state index in [2.05, 4.69) is 15.3 Å². The molecule has 0 radical (unpaired) electrons. The molecule has 186 valence electrons. The van der Waals surface area contributed by atoms with Crippen LogP contribution in [-0.4, -0.2) is 34.6 Å². The molecular formula is C23H27F5N4O2. The van der Waals surface area contributed by atoms with Crippen LogP contribution in [0.4, 0.5) is 38.4 Å². The molecule has 0 bridgehead atoms. The van der Waals surface area contributed by atoms with Crippen LogP contribution < -0.4 is 10.2 Å². The summed E-state index contributed by atoms with van der Waals surface area (Å²) in [6, 6.07) is 2.94. The second-order valence-corrected chi connectivity index (χ2v) is 8.76. The summed E-state index contributed by atoms with van der Waals surface area (Å²) >= 11 is 0. The molecule has 1 aliphatic heterocycles. The summed E-state index contributed by atoms with van der Waals surface area (Å²) in [6.07, 6.45) is -5.98. The van der Waals surface area contributed by atoms with Gasteiger partial charge >= 0.3 is 12.3 Å². The Morgan fingerprint density at radius 2 is 1.85 bits per heavy atom. The van der Waals surface area contributed by atoms with Gasteiger partial charge in [-0.15, -0.1) is 0 Å². The van der Waals surface area contributed by atoms with Gasteiger partial charge in [0, 0.05) is 31.3 Å². The number of rotatable bonds is 7. The average molecular weight is 486 g/mol. The van der Waals surface area contributed by atoms with Crippen molar-refractivity contribution in [3.8, 4) is 11.3 Å². The number of hydrogen-bond acceptors (Lipinski definition) is 5. The molecule has 11 heteroatoms. The molecule has 34 heavy (non-hydrogen) atoms. The highest BCUT2D eigenvalue weighted by atomic mass is 19.4. The first-order chi connectivity index (χ1) is 15.7. The Labute approximate surface area is 194 Å². The highest BCUT2D eigenvalue weighted by molar-refractivity contribution is 5.89. The van der Waals surface area contributed by atoms with Crippen molar-refractivity contribution in [2.75, 3.05) is 16.8 Å². The number of nitrogens with one attached hydrogen (secondary N) is 1. The van der Waals surface area contributed by atoms with E-state index >= 15 is 0 Å². The number of carbonyl (C=O) groups is 1. The number of anilines is 2. The largest absolute Gasteiger partial charge is 0.434 e. The van der Waals surface area contributed by atoms with Gasteiger partial charge in [-0.1, -0.05) is 20.8 Å². The average Bonchev–Trinajstić information content (AvgIpc) is 2.74. The third kappa shape index (κ3) is 5.23. The molecule has 3 heterocycles. The Morgan fingerprint density at radius 1 is 1.18 bits per heavy atom. The maximum absolute atomic E-state index is 14.4. The molecule has 1 amide bonds. The Bertz CT molecular complexity index is 1050. The summed E-state index contributed by atoms with van der Waals surface area (Å²) < 4.78 is 75.2. The van der Waals surface area contributed by atoms with Crippen molar-refractivity contribution < 1.29 is 31.5 Å². The lowest BCUT2D eigenvalue weighted by Gasteiger charge is -2.34. The minimum absolute atomic E-state index is 0.0301. The summed E-state index contributed by atoms with van der Waals surface area (Å²) in [5, 5.41) is 2.24. The first-order valence-electron chi connectivity index (χ1n) is 10.9. The van der Waals surface area contributed by atoms with Gasteiger partial charge in [0.05, 0.1) is 16.8 Å². The van der Waals surface area contributed by atoms with Gasteiger partial charge in [0.1, 0.15) is 11.6 Å². The van der Waals surface area contributed by atoms with Gasteiger partial charge in [-0.05, 0) is 37.5 Å². The maximum Gasteiger partial charge on any atom is 0.416 e. The fourth-order valence-electron chi connectivity index (χ4n) is 3.80. The van der Waals surface area contributed by atoms with Gasteiger partial charge in [-0.25, -0.2) is 23.5 Å². The lowest BCUT2D eigenvalue weighted by molar-refractivity contribution is -0.137. The van der Waals surface area contributed by atoms with Crippen molar-refractivity contribution in [1.29, 1.82) is 0 Å². The highest BCUT2D eigenvalue weighted by Crippen LogP contribution is 2.45. The molecule has 0 saturated carbocycles. The van der Waals surface area contributed by atoms with Crippen LogP contribution >= 0.6 is 0 Å². The number of ether oxygens (including phenoxy) is 1. The molecule has 2 atom stereocenters. The molecule has 1 aliphatic rings. The van der Waals surface area contributed by atoms with Crippen LogP contribution in [0.5, 0.6) is 0 Å². The van der Waals surface area contributed by atoms with Crippen LogP contribution in [0.15, 0.2) is 24.4 Å². The number of amides is 1. The molecule has 0 spiro atoms. The van der Waals surface area contributed by atoms with E-state index in [1.807, 2.05) is 27.7 Å². The van der Waals surface area contributed by atoms with E-state index in [9.17, 15) is 26.7 Å². The molecule has 0 fully saturated rings. The lowest BCUT2D eigenvalue weighted by atomic mass is 9.95. The molecule has 0 aromatic carbocycles. The smallest absolute Gasteiger partial charge is 0.416 e. The van der Waals surface area contributed by atoms with Crippen LogP contribution in [0.1, 0.15) is 58.3 Å². The predicted molar refractivity (Wildman–Crippen MR) is 118 cm³/mol. The molecule has 3 rings (SSSR count). The van der Waals surface area contributed by atoms with Crippen molar-refractivity contribution in [3.63, 3.8) is 0 Å². The number of cyclic esters (lactones) is 1. The van der Waals surface area contributed by atoms with E-state index in [1.54, 1.807) is 4.90 Å². The van der Waals surface area contributed by atoms with Crippen LogP contribution in [-0.2, 0) is 10.9 Å². The van der Waals surface area contributed by atoms with E-state index in [-0.39, 0.29) is 40.4 Å². The Balaban J connectivity index is 2.28.